The number of alkyl halides is 1. The summed E-state index contributed by atoms with van der Waals surface area (Å²) in [6, 6.07) is 0. The van der Waals surface area contributed by atoms with E-state index in [1.165, 1.54) is 12.8 Å². The van der Waals surface area contributed by atoms with Gasteiger partial charge in [-0.1, -0.05) is 22.6 Å². The molecule has 1 fully saturated rings. The smallest absolute Gasteiger partial charge is 0.183 e. The lowest BCUT2D eigenvalue weighted by atomic mass is 9.77. The van der Waals surface area contributed by atoms with Gasteiger partial charge in [-0.25, -0.2) is 0 Å². The molecule has 3 heteroatoms. The number of piperidine rings is 1. The average molecular weight is 277 g/mol. The van der Waals surface area contributed by atoms with E-state index in [9.17, 15) is 0 Å². The highest BCUT2D eigenvalue weighted by atomic mass is 127. The van der Waals surface area contributed by atoms with Crippen molar-refractivity contribution in [3.8, 4) is 0 Å². The summed E-state index contributed by atoms with van der Waals surface area (Å²) in [5.74, 6) is 0. The molecule has 1 aliphatic rings. The van der Waals surface area contributed by atoms with E-state index in [-0.39, 0.29) is 11.1 Å². The Labute approximate surface area is 90.8 Å². The monoisotopic (exact) mass is 277 g/mol. The van der Waals surface area contributed by atoms with Crippen LogP contribution in [0.4, 0.5) is 0 Å². The zero-order valence-corrected chi connectivity index (χ0v) is 10.6. The normalized spacial score (nSPS) is 30.4. The lowest BCUT2D eigenvalue weighted by Crippen LogP contribution is -2.59. The lowest BCUT2D eigenvalue weighted by Gasteiger charge is -2.53. The van der Waals surface area contributed by atoms with Crippen LogP contribution in [0.3, 0.4) is 0 Å². The molecule has 12 heavy (non-hydrogen) atoms. The molecule has 1 rings (SSSR count). The highest BCUT2D eigenvalue weighted by Crippen LogP contribution is 2.39. The van der Waals surface area contributed by atoms with Gasteiger partial charge in [0.05, 0.1) is 0 Å². The van der Waals surface area contributed by atoms with E-state index in [1.807, 2.05) is 4.81 Å². The maximum Gasteiger partial charge on any atom is 0.183 e. The molecular formula is C9H17BIN. The van der Waals surface area contributed by atoms with Crippen molar-refractivity contribution in [1.29, 1.82) is 0 Å². The zero-order valence-electron chi connectivity index (χ0n) is 8.39. The van der Waals surface area contributed by atoms with Gasteiger partial charge < -0.3 is 4.81 Å². The van der Waals surface area contributed by atoms with Gasteiger partial charge in [0, 0.05) is 15.0 Å². The van der Waals surface area contributed by atoms with Crippen molar-refractivity contribution < 1.29 is 0 Å². The van der Waals surface area contributed by atoms with Crippen LogP contribution in [-0.4, -0.2) is 27.8 Å². The summed E-state index contributed by atoms with van der Waals surface area (Å²) in [4.78, 5) is 2.02. The molecular weight excluding hydrogens is 260 g/mol. The molecule has 0 aromatic rings. The minimum Gasteiger partial charge on any atom is -0.344 e. The Balaban J connectivity index is 2.84. The number of hydrogen-bond donors (Lipinski definition) is 0. The van der Waals surface area contributed by atoms with Crippen molar-refractivity contribution >= 4 is 30.6 Å². The Morgan fingerprint density at radius 2 is 1.50 bits per heavy atom. The Morgan fingerprint density at radius 1 is 1.17 bits per heavy atom. The summed E-state index contributed by atoms with van der Waals surface area (Å²) < 4.78 is 0.757. The first-order chi connectivity index (χ1) is 5.26. The van der Waals surface area contributed by atoms with Crippen LogP contribution in [0, 0.1) is 0 Å². The van der Waals surface area contributed by atoms with Crippen molar-refractivity contribution in [2.45, 2.75) is 55.5 Å². The van der Waals surface area contributed by atoms with Crippen LogP contribution in [-0.2, 0) is 0 Å². The molecule has 1 saturated heterocycles. The van der Waals surface area contributed by atoms with E-state index in [0.29, 0.717) is 0 Å². The fraction of sp³-hybridized carbons (Fsp3) is 1.00. The van der Waals surface area contributed by atoms with E-state index in [1.54, 1.807) is 0 Å². The van der Waals surface area contributed by atoms with Crippen LogP contribution in [0.2, 0.25) is 0 Å². The number of hydrogen-bond acceptors (Lipinski definition) is 1. The van der Waals surface area contributed by atoms with Crippen LogP contribution in [0.1, 0.15) is 40.5 Å². The van der Waals surface area contributed by atoms with E-state index in [4.69, 9.17) is 7.98 Å². The highest BCUT2D eigenvalue weighted by molar-refractivity contribution is 14.1. The van der Waals surface area contributed by atoms with Gasteiger partial charge in [-0.3, -0.25) is 0 Å². The lowest BCUT2D eigenvalue weighted by molar-refractivity contribution is 0.0646. The molecule has 1 nitrogen and oxygen atoms in total. The molecule has 0 bridgehead atoms. The second kappa shape index (κ2) is 3.16. The summed E-state index contributed by atoms with van der Waals surface area (Å²) in [6.07, 6.45) is 2.38. The molecule has 1 heterocycles. The van der Waals surface area contributed by atoms with E-state index < -0.39 is 0 Å². The first-order valence-corrected chi connectivity index (χ1v) is 5.69. The van der Waals surface area contributed by atoms with Gasteiger partial charge in [0.15, 0.2) is 7.98 Å². The third kappa shape index (κ3) is 1.98. The second-order valence-corrected chi connectivity index (χ2v) is 6.76. The number of nitrogens with zero attached hydrogens (tertiary/aromatic N) is 1. The van der Waals surface area contributed by atoms with Crippen LogP contribution >= 0.6 is 22.6 Å². The minimum absolute atomic E-state index is 0.146. The maximum absolute atomic E-state index is 6.08. The first kappa shape index (κ1) is 10.8. The minimum atomic E-state index is 0.146. The molecule has 2 radical (unpaired) electrons. The Kier molecular flexibility index (Phi) is 2.85. The Morgan fingerprint density at radius 3 is 1.83 bits per heavy atom. The fourth-order valence-corrected chi connectivity index (χ4v) is 4.33. The number of rotatable bonds is 0. The third-order valence-corrected chi connectivity index (χ3v) is 3.63. The molecule has 0 atom stereocenters. The summed E-state index contributed by atoms with van der Waals surface area (Å²) in [7, 11) is 6.08. The largest absolute Gasteiger partial charge is 0.344 e. The standard InChI is InChI=1S/C9H17BIN/c1-8(2)5-7(11)6-9(3,4)12(8)10/h7H,5-6H2,1-4H3. The number of halogens is 1. The fourth-order valence-electron chi connectivity index (χ4n) is 2.17. The predicted octanol–water partition coefficient (Wildman–Crippen LogP) is 2.53. The van der Waals surface area contributed by atoms with Gasteiger partial charge in [-0.2, -0.15) is 0 Å². The van der Waals surface area contributed by atoms with E-state index >= 15 is 0 Å². The molecule has 0 amide bonds. The summed E-state index contributed by atoms with van der Waals surface area (Å²) >= 11 is 2.53. The molecule has 0 saturated carbocycles. The highest BCUT2D eigenvalue weighted by Gasteiger charge is 2.41. The van der Waals surface area contributed by atoms with Gasteiger partial charge >= 0.3 is 0 Å². The molecule has 0 spiro atoms. The Hall–Kier alpha value is 0.755. The van der Waals surface area contributed by atoms with Crippen LogP contribution < -0.4 is 0 Å². The van der Waals surface area contributed by atoms with Gasteiger partial charge in [0.2, 0.25) is 0 Å². The summed E-state index contributed by atoms with van der Waals surface area (Å²) in [5.41, 5.74) is 0.293. The van der Waals surface area contributed by atoms with Gasteiger partial charge in [-0.05, 0) is 40.5 Å². The van der Waals surface area contributed by atoms with Gasteiger partial charge in [-0.15, -0.1) is 0 Å². The molecule has 0 aromatic carbocycles. The van der Waals surface area contributed by atoms with Gasteiger partial charge in [0.1, 0.15) is 0 Å². The topological polar surface area (TPSA) is 3.24 Å². The van der Waals surface area contributed by atoms with Crippen molar-refractivity contribution in [2.75, 3.05) is 0 Å². The second-order valence-electron chi connectivity index (χ2n) is 5.00. The van der Waals surface area contributed by atoms with E-state index in [2.05, 4.69) is 50.3 Å². The van der Waals surface area contributed by atoms with Crippen molar-refractivity contribution in [2.24, 2.45) is 0 Å². The summed E-state index contributed by atoms with van der Waals surface area (Å²) in [6.45, 7) is 8.89. The molecule has 68 valence electrons. The average Bonchev–Trinajstić information content (AvgIpc) is 1.80. The van der Waals surface area contributed by atoms with Crippen LogP contribution in [0.25, 0.3) is 0 Å². The molecule has 0 aliphatic carbocycles. The molecule has 0 N–H and O–H groups in total. The zero-order chi connectivity index (χ0) is 9.57. The SMILES string of the molecule is [B]N1C(C)(C)CC(I)CC1(C)C. The Bertz CT molecular complexity index is 161. The van der Waals surface area contributed by atoms with Crippen molar-refractivity contribution in [3.05, 3.63) is 0 Å². The molecule has 1 aliphatic heterocycles. The van der Waals surface area contributed by atoms with E-state index in [0.717, 1.165) is 3.92 Å². The summed E-state index contributed by atoms with van der Waals surface area (Å²) in [5, 5.41) is 0. The van der Waals surface area contributed by atoms with Crippen LogP contribution in [0.15, 0.2) is 0 Å². The van der Waals surface area contributed by atoms with Gasteiger partial charge in [0.25, 0.3) is 0 Å². The van der Waals surface area contributed by atoms with Crippen molar-refractivity contribution in [1.82, 2.24) is 4.81 Å². The third-order valence-electron chi connectivity index (χ3n) is 2.75. The van der Waals surface area contributed by atoms with Crippen molar-refractivity contribution in [3.63, 3.8) is 0 Å². The quantitative estimate of drug-likeness (QED) is 0.373. The molecule has 0 aromatic heterocycles. The van der Waals surface area contributed by atoms with Crippen LogP contribution in [0.5, 0.6) is 0 Å². The molecule has 0 unspecified atom stereocenters. The maximum atomic E-state index is 6.08. The first-order valence-electron chi connectivity index (χ1n) is 4.45. The predicted molar refractivity (Wildman–Crippen MR) is 62.8 cm³/mol.